The van der Waals surface area contributed by atoms with Crippen molar-refractivity contribution >= 4 is 11.8 Å². The Morgan fingerprint density at radius 2 is 2.30 bits per heavy atom. The maximum absolute atomic E-state index is 11.6. The van der Waals surface area contributed by atoms with Gasteiger partial charge in [-0.3, -0.25) is 4.57 Å². The van der Waals surface area contributed by atoms with Crippen molar-refractivity contribution in [1.29, 1.82) is 0 Å². The van der Waals surface area contributed by atoms with Gasteiger partial charge < -0.3 is 5.32 Å². The van der Waals surface area contributed by atoms with Gasteiger partial charge in [-0.2, -0.15) is 0 Å². The molecule has 1 aliphatic rings. The van der Waals surface area contributed by atoms with Gasteiger partial charge in [-0.25, -0.2) is 9.89 Å². The molecule has 6 heteroatoms. The van der Waals surface area contributed by atoms with Crippen LogP contribution in [0.3, 0.4) is 0 Å². The van der Waals surface area contributed by atoms with Crippen LogP contribution in [0.2, 0.25) is 0 Å². The van der Waals surface area contributed by atoms with E-state index in [-0.39, 0.29) is 5.69 Å². The Hall–Kier alpha value is -0.750. The molecule has 0 amide bonds. The molecule has 5 nitrogen and oxygen atoms in total. The lowest BCUT2D eigenvalue weighted by Gasteiger charge is -2.15. The average Bonchev–Trinajstić information content (AvgIpc) is 3.22. The Balaban J connectivity index is 1.71. The van der Waals surface area contributed by atoms with Crippen LogP contribution in [0.4, 0.5) is 0 Å². The van der Waals surface area contributed by atoms with Gasteiger partial charge in [-0.05, 0) is 45.1 Å². The Morgan fingerprint density at radius 3 is 2.95 bits per heavy atom. The SMILES string of the molecule is CCCNC(CC)CCCSc1n[nH]c(=O)n1C1CC1. The predicted molar refractivity (Wildman–Crippen MR) is 83.4 cm³/mol. The van der Waals surface area contributed by atoms with Crippen LogP contribution in [0.5, 0.6) is 0 Å². The summed E-state index contributed by atoms with van der Waals surface area (Å²) in [5.74, 6) is 1.03. The summed E-state index contributed by atoms with van der Waals surface area (Å²) in [6.07, 6.45) is 6.96. The second kappa shape index (κ2) is 7.88. The van der Waals surface area contributed by atoms with E-state index in [4.69, 9.17) is 0 Å². The number of aromatic nitrogens is 3. The summed E-state index contributed by atoms with van der Waals surface area (Å²) in [5, 5.41) is 11.2. The number of rotatable bonds is 10. The molecule has 2 rings (SSSR count). The number of hydrogen-bond acceptors (Lipinski definition) is 4. The number of thioether (sulfide) groups is 1. The van der Waals surface area contributed by atoms with Crippen LogP contribution in [0.15, 0.2) is 9.95 Å². The third-order valence-corrected chi connectivity index (χ3v) is 4.73. The van der Waals surface area contributed by atoms with Crippen LogP contribution >= 0.6 is 11.8 Å². The summed E-state index contributed by atoms with van der Waals surface area (Å²) < 4.78 is 1.83. The van der Waals surface area contributed by atoms with Gasteiger partial charge in [0.05, 0.1) is 0 Å². The van der Waals surface area contributed by atoms with E-state index in [9.17, 15) is 4.79 Å². The Bertz CT molecular complexity index is 452. The highest BCUT2D eigenvalue weighted by atomic mass is 32.2. The molecule has 0 radical (unpaired) electrons. The quantitative estimate of drug-likeness (QED) is 0.515. The summed E-state index contributed by atoms with van der Waals surface area (Å²) in [5.41, 5.74) is -0.0500. The van der Waals surface area contributed by atoms with Crippen molar-refractivity contribution in [1.82, 2.24) is 20.1 Å². The van der Waals surface area contributed by atoms with Gasteiger partial charge in [-0.15, -0.1) is 5.10 Å². The number of aromatic amines is 1. The molecular weight excluding hydrogens is 272 g/mol. The molecule has 0 saturated heterocycles. The average molecular weight is 298 g/mol. The van der Waals surface area contributed by atoms with Gasteiger partial charge in [0.25, 0.3) is 0 Å². The van der Waals surface area contributed by atoms with Crippen LogP contribution < -0.4 is 11.0 Å². The lowest BCUT2D eigenvalue weighted by atomic mass is 10.1. The van der Waals surface area contributed by atoms with Gasteiger partial charge in [0.15, 0.2) is 5.16 Å². The molecule has 1 fully saturated rings. The van der Waals surface area contributed by atoms with Crippen LogP contribution in [-0.2, 0) is 0 Å². The molecule has 0 aromatic carbocycles. The van der Waals surface area contributed by atoms with Gasteiger partial charge >= 0.3 is 5.69 Å². The molecule has 1 aromatic rings. The van der Waals surface area contributed by atoms with Crippen LogP contribution in [0.1, 0.15) is 58.4 Å². The van der Waals surface area contributed by atoms with Crippen molar-refractivity contribution in [2.24, 2.45) is 0 Å². The predicted octanol–water partition coefficient (Wildman–Crippen LogP) is 2.56. The van der Waals surface area contributed by atoms with Crippen LogP contribution in [-0.4, -0.2) is 33.1 Å². The summed E-state index contributed by atoms with van der Waals surface area (Å²) in [6, 6.07) is 1.03. The third-order valence-electron chi connectivity index (χ3n) is 3.69. The molecule has 114 valence electrons. The fourth-order valence-corrected chi connectivity index (χ4v) is 3.31. The Labute approximate surface area is 124 Å². The number of nitrogens with one attached hydrogen (secondary N) is 2. The zero-order chi connectivity index (χ0) is 14.4. The van der Waals surface area contributed by atoms with E-state index >= 15 is 0 Å². The fraction of sp³-hybridized carbons (Fsp3) is 0.857. The lowest BCUT2D eigenvalue weighted by molar-refractivity contribution is 0.465. The molecule has 1 atom stereocenters. The van der Waals surface area contributed by atoms with E-state index in [1.807, 2.05) is 4.57 Å². The van der Waals surface area contributed by atoms with E-state index in [1.165, 1.54) is 19.3 Å². The van der Waals surface area contributed by atoms with E-state index in [2.05, 4.69) is 29.4 Å². The first-order valence-electron chi connectivity index (χ1n) is 7.79. The van der Waals surface area contributed by atoms with Crippen LogP contribution in [0, 0.1) is 0 Å². The summed E-state index contributed by atoms with van der Waals surface area (Å²) in [4.78, 5) is 11.6. The van der Waals surface area contributed by atoms with E-state index < -0.39 is 0 Å². The molecule has 20 heavy (non-hydrogen) atoms. The highest BCUT2D eigenvalue weighted by molar-refractivity contribution is 7.99. The minimum Gasteiger partial charge on any atom is -0.314 e. The normalized spacial score (nSPS) is 16.5. The first kappa shape index (κ1) is 15.6. The molecule has 0 spiro atoms. The third kappa shape index (κ3) is 4.38. The van der Waals surface area contributed by atoms with Crippen molar-refractivity contribution in [2.75, 3.05) is 12.3 Å². The molecular formula is C14H26N4OS. The largest absolute Gasteiger partial charge is 0.344 e. The minimum absolute atomic E-state index is 0.0500. The fourth-order valence-electron chi connectivity index (χ4n) is 2.34. The number of nitrogens with zero attached hydrogens (tertiary/aromatic N) is 2. The van der Waals surface area contributed by atoms with Gasteiger partial charge in [0.1, 0.15) is 0 Å². The van der Waals surface area contributed by atoms with Gasteiger partial charge in [-0.1, -0.05) is 25.6 Å². The lowest BCUT2D eigenvalue weighted by Crippen LogP contribution is -2.29. The zero-order valence-electron chi connectivity index (χ0n) is 12.5. The Morgan fingerprint density at radius 1 is 1.50 bits per heavy atom. The number of H-pyrrole nitrogens is 1. The summed E-state index contributed by atoms with van der Waals surface area (Å²) in [6.45, 7) is 5.54. The summed E-state index contributed by atoms with van der Waals surface area (Å²) >= 11 is 1.71. The molecule has 1 unspecified atom stereocenters. The van der Waals surface area contributed by atoms with Crippen molar-refractivity contribution in [3.8, 4) is 0 Å². The van der Waals surface area contributed by atoms with E-state index in [0.29, 0.717) is 12.1 Å². The Kier molecular flexibility index (Phi) is 6.16. The van der Waals surface area contributed by atoms with E-state index in [0.717, 1.165) is 36.7 Å². The van der Waals surface area contributed by atoms with Gasteiger partial charge in [0, 0.05) is 17.8 Å². The molecule has 0 aliphatic heterocycles. The second-order valence-electron chi connectivity index (χ2n) is 5.46. The first-order chi connectivity index (χ1) is 9.76. The number of hydrogen-bond donors (Lipinski definition) is 2. The molecule has 1 aliphatic carbocycles. The van der Waals surface area contributed by atoms with Crippen molar-refractivity contribution in [3.63, 3.8) is 0 Å². The standard InChI is InChI=1S/C14H26N4OS/c1-3-9-15-11(4-2)6-5-10-20-14-17-16-13(19)18(14)12-7-8-12/h11-12,15H,3-10H2,1-2H3,(H,16,19). The zero-order valence-corrected chi connectivity index (χ0v) is 13.3. The van der Waals surface area contributed by atoms with Crippen LogP contribution in [0.25, 0.3) is 0 Å². The second-order valence-corrected chi connectivity index (χ2v) is 6.52. The maximum atomic E-state index is 11.6. The monoisotopic (exact) mass is 298 g/mol. The van der Waals surface area contributed by atoms with Crippen molar-refractivity contribution in [3.05, 3.63) is 10.5 Å². The molecule has 1 saturated carbocycles. The first-order valence-corrected chi connectivity index (χ1v) is 8.77. The molecule has 1 heterocycles. The van der Waals surface area contributed by atoms with Crippen molar-refractivity contribution < 1.29 is 0 Å². The van der Waals surface area contributed by atoms with Crippen molar-refractivity contribution in [2.45, 2.75) is 69.6 Å². The maximum Gasteiger partial charge on any atom is 0.344 e. The molecule has 1 aromatic heterocycles. The van der Waals surface area contributed by atoms with Gasteiger partial charge in [0.2, 0.25) is 0 Å². The highest BCUT2D eigenvalue weighted by Crippen LogP contribution is 2.36. The van der Waals surface area contributed by atoms with E-state index in [1.54, 1.807) is 11.8 Å². The highest BCUT2D eigenvalue weighted by Gasteiger charge is 2.28. The smallest absolute Gasteiger partial charge is 0.314 e. The molecule has 2 N–H and O–H groups in total. The summed E-state index contributed by atoms with van der Waals surface area (Å²) in [7, 11) is 0. The minimum atomic E-state index is -0.0500. The topological polar surface area (TPSA) is 62.7 Å². The molecule has 0 bridgehead atoms.